The fourth-order valence-electron chi connectivity index (χ4n) is 2.36. The Labute approximate surface area is 170 Å². The van der Waals surface area contributed by atoms with Crippen LogP contribution in [0.25, 0.3) is 0 Å². The lowest BCUT2D eigenvalue weighted by Gasteiger charge is -2.20. The second-order valence-corrected chi connectivity index (χ2v) is 9.34. The van der Waals surface area contributed by atoms with E-state index in [0.29, 0.717) is 23.2 Å². The zero-order chi connectivity index (χ0) is 20.2. The van der Waals surface area contributed by atoms with Crippen molar-refractivity contribution in [3.8, 4) is 0 Å². The summed E-state index contributed by atoms with van der Waals surface area (Å²) >= 11 is 12.0. The van der Waals surface area contributed by atoms with Gasteiger partial charge < -0.3 is 5.32 Å². The standard InChI is InChI=1S/C19H22Cl2N2O3S/c1-13(2)10-11-22-19(24)17-12-15(6-9-18(17)21)23(3)27(25,26)16-7-4-14(20)5-8-16/h4-9,12-13H,10-11H2,1-3H3,(H,22,24). The largest absolute Gasteiger partial charge is 0.352 e. The first-order valence-electron chi connectivity index (χ1n) is 8.45. The number of halogens is 2. The topological polar surface area (TPSA) is 66.5 Å². The number of anilines is 1. The molecule has 2 aromatic rings. The van der Waals surface area contributed by atoms with Gasteiger partial charge >= 0.3 is 0 Å². The van der Waals surface area contributed by atoms with Crippen LogP contribution in [-0.2, 0) is 10.0 Å². The molecule has 0 heterocycles. The molecule has 0 aliphatic carbocycles. The molecule has 0 radical (unpaired) electrons. The molecule has 8 heteroatoms. The summed E-state index contributed by atoms with van der Waals surface area (Å²) in [6.07, 6.45) is 0.841. The van der Waals surface area contributed by atoms with Crippen molar-refractivity contribution in [3.63, 3.8) is 0 Å². The third-order valence-electron chi connectivity index (χ3n) is 4.04. The summed E-state index contributed by atoms with van der Waals surface area (Å²) in [6.45, 7) is 4.66. The van der Waals surface area contributed by atoms with Gasteiger partial charge in [-0.25, -0.2) is 8.42 Å². The Morgan fingerprint density at radius 1 is 1.11 bits per heavy atom. The summed E-state index contributed by atoms with van der Waals surface area (Å²) in [7, 11) is -2.37. The van der Waals surface area contributed by atoms with E-state index < -0.39 is 10.0 Å². The van der Waals surface area contributed by atoms with E-state index in [1.54, 1.807) is 6.07 Å². The van der Waals surface area contributed by atoms with Gasteiger partial charge in [0.15, 0.2) is 0 Å². The number of amides is 1. The van der Waals surface area contributed by atoms with Crippen molar-refractivity contribution in [1.82, 2.24) is 5.32 Å². The van der Waals surface area contributed by atoms with E-state index in [2.05, 4.69) is 19.2 Å². The van der Waals surface area contributed by atoms with Crippen molar-refractivity contribution in [3.05, 3.63) is 58.1 Å². The molecular weight excluding hydrogens is 407 g/mol. The fourth-order valence-corrected chi connectivity index (χ4v) is 3.87. The van der Waals surface area contributed by atoms with Gasteiger partial charge in [0.2, 0.25) is 0 Å². The SMILES string of the molecule is CC(C)CCNC(=O)c1cc(N(C)S(=O)(=O)c2ccc(Cl)cc2)ccc1Cl. The maximum Gasteiger partial charge on any atom is 0.264 e. The van der Waals surface area contributed by atoms with Crippen molar-refractivity contribution in [2.24, 2.45) is 5.92 Å². The minimum atomic E-state index is -3.79. The van der Waals surface area contributed by atoms with Gasteiger partial charge in [-0.05, 0) is 54.8 Å². The van der Waals surface area contributed by atoms with Gasteiger partial charge in [0.25, 0.3) is 15.9 Å². The number of nitrogens with one attached hydrogen (secondary N) is 1. The molecule has 0 bridgehead atoms. The van der Waals surface area contributed by atoms with Crippen molar-refractivity contribution in [2.45, 2.75) is 25.2 Å². The summed E-state index contributed by atoms with van der Waals surface area (Å²) in [5.74, 6) is 0.127. The van der Waals surface area contributed by atoms with Crippen LogP contribution in [0.5, 0.6) is 0 Å². The molecule has 0 aliphatic rings. The number of benzene rings is 2. The molecule has 0 aromatic heterocycles. The predicted octanol–water partition coefficient (Wildman–Crippen LogP) is 4.59. The van der Waals surface area contributed by atoms with Crippen molar-refractivity contribution >= 4 is 44.8 Å². The number of hydrogen-bond acceptors (Lipinski definition) is 3. The third kappa shape index (κ3) is 5.37. The molecule has 0 fully saturated rings. The molecule has 0 unspecified atom stereocenters. The van der Waals surface area contributed by atoms with Crippen LogP contribution >= 0.6 is 23.2 Å². The predicted molar refractivity (Wildman–Crippen MR) is 110 cm³/mol. The lowest BCUT2D eigenvalue weighted by molar-refractivity contribution is 0.0952. The minimum Gasteiger partial charge on any atom is -0.352 e. The minimum absolute atomic E-state index is 0.104. The molecule has 0 saturated heterocycles. The highest BCUT2D eigenvalue weighted by molar-refractivity contribution is 7.92. The molecule has 1 amide bonds. The Kier molecular flexibility index (Phi) is 7.14. The Morgan fingerprint density at radius 3 is 2.33 bits per heavy atom. The summed E-state index contributed by atoms with van der Waals surface area (Å²) in [4.78, 5) is 12.5. The van der Waals surface area contributed by atoms with Gasteiger partial charge in [0.05, 0.1) is 21.2 Å². The Bertz CT molecular complexity index is 913. The Hall–Kier alpha value is -1.76. The van der Waals surface area contributed by atoms with Crippen LogP contribution in [0, 0.1) is 5.92 Å². The number of sulfonamides is 1. The van der Waals surface area contributed by atoms with E-state index in [1.165, 1.54) is 43.4 Å². The molecule has 0 saturated carbocycles. The molecule has 0 aliphatic heterocycles. The molecular formula is C19H22Cl2N2O3S. The van der Waals surface area contributed by atoms with Crippen LogP contribution in [-0.4, -0.2) is 27.9 Å². The van der Waals surface area contributed by atoms with Crippen LogP contribution in [0.4, 0.5) is 5.69 Å². The molecule has 27 heavy (non-hydrogen) atoms. The third-order valence-corrected chi connectivity index (χ3v) is 6.42. The Morgan fingerprint density at radius 2 is 1.74 bits per heavy atom. The van der Waals surface area contributed by atoms with E-state index in [1.807, 2.05) is 0 Å². The van der Waals surface area contributed by atoms with Crippen molar-refractivity contribution in [1.29, 1.82) is 0 Å². The van der Waals surface area contributed by atoms with Crippen LogP contribution in [0.3, 0.4) is 0 Å². The zero-order valence-corrected chi connectivity index (χ0v) is 17.7. The quantitative estimate of drug-likeness (QED) is 0.700. The van der Waals surface area contributed by atoms with E-state index >= 15 is 0 Å². The van der Waals surface area contributed by atoms with E-state index in [-0.39, 0.29) is 21.4 Å². The normalized spacial score (nSPS) is 11.5. The first-order valence-corrected chi connectivity index (χ1v) is 10.6. The van der Waals surface area contributed by atoms with E-state index in [4.69, 9.17) is 23.2 Å². The highest BCUT2D eigenvalue weighted by atomic mass is 35.5. The number of hydrogen-bond donors (Lipinski definition) is 1. The molecule has 2 rings (SSSR count). The van der Waals surface area contributed by atoms with Gasteiger partial charge in [0.1, 0.15) is 0 Å². The van der Waals surface area contributed by atoms with Gasteiger partial charge in [-0.1, -0.05) is 37.0 Å². The number of carbonyl (C=O) groups excluding carboxylic acids is 1. The smallest absolute Gasteiger partial charge is 0.264 e. The average Bonchev–Trinajstić information content (AvgIpc) is 2.61. The van der Waals surface area contributed by atoms with Crippen molar-refractivity contribution < 1.29 is 13.2 Å². The molecule has 5 nitrogen and oxygen atoms in total. The fraction of sp³-hybridized carbons (Fsp3) is 0.316. The van der Waals surface area contributed by atoms with Crippen LogP contribution in [0.2, 0.25) is 10.0 Å². The monoisotopic (exact) mass is 428 g/mol. The maximum atomic E-state index is 12.8. The molecule has 0 atom stereocenters. The first-order chi connectivity index (χ1) is 12.6. The second kappa shape index (κ2) is 8.95. The van der Waals surface area contributed by atoms with Crippen molar-refractivity contribution in [2.75, 3.05) is 17.9 Å². The van der Waals surface area contributed by atoms with Gasteiger partial charge in [0, 0.05) is 18.6 Å². The van der Waals surface area contributed by atoms with Crippen LogP contribution in [0.15, 0.2) is 47.4 Å². The second-order valence-electron chi connectivity index (χ2n) is 6.53. The Balaban J connectivity index is 2.28. The van der Waals surface area contributed by atoms with Gasteiger partial charge in [-0.3, -0.25) is 9.10 Å². The lowest BCUT2D eigenvalue weighted by atomic mass is 10.1. The first kappa shape index (κ1) is 21.5. The summed E-state index contributed by atoms with van der Waals surface area (Å²) < 4.78 is 26.7. The summed E-state index contributed by atoms with van der Waals surface area (Å²) in [6, 6.07) is 10.4. The average molecular weight is 429 g/mol. The van der Waals surface area contributed by atoms with E-state index in [9.17, 15) is 13.2 Å². The maximum absolute atomic E-state index is 12.8. The summed E-state index contributed by atoms with van der Waals surface area (Å²) in [5.41, 5.74) is 0.569. The summed E-state index contributed by atoms with van der Waals surface area (Å²) in [5, 5.41) is 3.52. The van der Waals surface area contributed by atoms with Gasteiger partial charge in [-0.2, -0.15) is 0 Å². The van der Waals surface area contributed by atoms with Crippen LogP contribution in [0.1, 0.15) is 30.6 Å². The highest BCUT2D eigenvalue weighted by Gasteiger charge is 2.23. The molecule has 0 spiro atoms. The number of carbonyl (C=O) groups is 1. The number of nitrogens with zero attached hydrogens (tertiary/aromatic N) is 1. The van der Waals surface area contributed by atoms with E-state index in [0.717, 1.165) is 10.7 Å². The number of rotatable bonds is 7. The van der Waals surface area contributed by atoms with Gasteiger partial charge in [-0.15, -0.1) is 0 Å². The molecule has 2 aromatic carbocycles. The lowest BCUT2D eigenvalue weighted by Crippen LogP contribution is -2.28. The zero-order valence-electron chi connectivity index (χ0n) is 15.4. The highest BCUT2D eigenvalue weighted by Crippen LogP contribution is 2.27. The molecule has 146 valence electrons. The molecule has 1 N–H and O–H groups in total. The van der Waals surface area contributed by atoms with Crippen LogP contribution < -0.4 is 9.62 Å².